The van der Waals surface area contributed by atoms with E-state index in [1.165, 1.54) is 23.9 Å². The standard InChI is InChI=1S/C22H21ClFN3O3S/c23-17-8-6-16(7-9-17)21-25-26-22(30-21)31-14-20(28)27(13-19-5-2-10-29-19)12-15-3-1-4-18(24)11-15/h1,3-4,6-9,11,19H,2,5,10,12-14H2. The minimum atomic E-state index is -0.322. The molecule has 31 heavy (non-hydrogen) atoms. The highest BCUT2D eigenvalue weighted by atomic mass is 35.5. The fraction of sp³-hybridized carbons (Fsp3) is 0.318. The molecule has 9 heteroatoms. The van der Waals surface area contributed by atoms with Crippen molar-refractivity contribution in [3.05, 3.63) is 64.9 Å². The molecule has 3 aromatic rings. The summed E-state index contributed by atoms with van der Waals surface area (Å²) in [6, 6.07) is 13.3. The van der Waals surface area contributed by atoms with E-state index in [-0.39, 0.29) is 23.6 Å². The molecule has 0 aliphatic carbocycles. The molecule has 6 nitrogen and oxygen atoms in total. The number of hydrogen-bond acceptors (Lipinski definition) is 6. The maximum absolute atomic E-state index is 13.6. The predicted octanol–water partition coefficient (Wildman–Crippen LogP) is 4.83. The van der Waals surface area contributed by atoms with Crippen molar-refractivity contribution in [2.24, 2.45) is 0 Å². The van der Waals surface area contributed by atoms with Gasteiger partial charge in [-0.3, -0.25) is 4.79 Å². The summed E-state index contributed by atoms with van der Waals surface area (Å²) in [5.41, 5.74) is 1.49. The van der Waals surface area contributed by atoms with Crippen LogP contribution in [-0.2, 0) is 16.1 Å². The van der Waals surface area contributed by atoms with Gasteiger partial charge in [0.15, 0.2) is 0 Å². The van der Waals surface area contributed by atoms with E-state index in [0.29, 0.717) is 35.8 Å². The molecule has 1 unspecified atom stereocenters. The fourth-order valence-electron chi connectivity index (χ4n) is 3.34. The first-order chi connectivity index (χ1) is 15.1. The Morgan fingerprint density at radius 3 is 2.81 bits per heavy atom. The van der Waals surface area contributed by atoms with Crippen molar-refractivity contribution in [1.82, 2.24) is 15.1 Å². The molecule has 0 saturated carbocycles. The molecule has 1 saturated heterocycles. The third kappa shape index (κ3) is 6.06. The van der Waals surface area contributed by atoms with E-state index in [1.807, 2.05) is 6.07 Å². The minimum Gasteiger partial charge on any atom is -0.411 e. The zero-order chi connectivity index (χ0) is 21.6. The molecule has 1 aromatic heterocycles. The number of rotatable bonds is 8. The molecule has 0 N–H and O–H groups in total. The normalized spacial score (nSPS) is 15.9. The van der Waals surface area contributed by atoms with E-state index >= 15 is 0 Å². The summed E-state index contributed by atoms with van der Waals surface area (Å²) in [5.74, 6) is 0.0696. The molecule has 1 aliphatic rings. The van der Waals surface area contributed by atoms with Gasteiger partial charge < -0.3 is 14.1 Å². The molecule has 2 heterocycles. The predicted molar refractivity (Wildman–Crippen MR) is 116 cm³/mol. The Balaban J connectivity index is 1.40. The number of amides is 1. The van der Waals surface area contributed by atoms with Crippen LogP contribution >= 0.6 is 23.4 Å². The Morgan fingerprint density at radius 1 is 1.23 bits per heavy atom. The summed E-state index contributed by atoms with van der Waals surface area (Å²) >= 11 is 7.08. The van der Waals surface area contributed by atoms with Crippen molar-refractivity contribution >= 4 is 29.3 Å². The van der Waals surface area contributed by atoms with E-state index in [9.17, 15) is 9.18 Å². The van der Waals surface area contributed by atoms with Crippen LogP contribution in [0.15, 0.2) is 58.2 Å². The molecule has 0 bridgehead atoms. The highest BCUT2D eigenvalue weighted by Crippen LogP contribution is 2.25. The molecule has 1 aliphatic heterocycles. The molecule has 2 aromatic carbocycles. The SMILES string of the molecule is O=C(CSc1nnc(-c2ccc(Cl)cc2)o1)N(Cc1cccc(F)c1)CC1CCCO1. The van der Waals surface area contributed by atoms with Gasteiger partial charge in [0.1, 0.15) is 5.82 Å². The van der Waals surface area contributed by atoms with Crippen LogP contribution in [0.2, 0.25) is 5.02 Å². The minimum absolute atomic E-state index is 0.00224. The molecule has 0 radical (unpaired) electrons. The van der Waals surface area contributed by atoms with Crippen molar-refractivity contribution in [2.45, 2.75) is 30.7 Å². The van der Waals surface area contributed by atoms with E-state index in [0.717, 1.165) is 24.0 Å². The Hall–Kier alpha value is -2.42. The number of carbonyl (C=O) groups excluding carboxylic acids is 1. The lowest BCUT2D eigenvalue weighted by Gasteiger charge is -2.25. The van der Waals surface area contributed by atoms with Gasteiger partial charge in [-0.2, -0.15) is 0 Å². The second kappa shape index (κ2) is 10.3. The number of benzene rings is 2. The first kappa shape index (κ1) is 21.8. The van der Waals surface area contributed by atoms with Crippen LogP contribution in [-0.4, -0.2) is 46.0 Å². The Labute approximate surface area is 188 Å². The Morgan fingerprint density at radius 2 is 2.06 bits per heavy atom. The highest BCUT2D eigenvalue weighted by Gasteiger charge is 2.23. The third-order valence-corrected chi connectivity index (χ3v) is 5.94. The number of carbonyl (C=O) groups is 1. The van der Waals surface area contributed by atoms with E-state index in [4.69, 9.17) is 20.8 Å². The van der Waals surface area contributed by atoms with E-state index < -0.39 is 0 Å². The van der Waals surface area contributed by atoms with Gasteiger partial charge in [0.25, 0.3) is 5.22 Å². The molecule has 162 valence electrons. The van der Waals surface area contributed by atoms with Crippen molar-refractivity contribution in [1.29, 1.82) is 0 Å². The molecule has 0 spiro atoms. The maximum atomic E-state index is 13.6. The lowest BCUT2D eigenvalue weighted by molar-refractivity contribution is -0.130. The zero-order valence-electron chi connectivity index (χ0n) is 16.7. The molecule has 1 amide bonds. The molecule has 1 fully saturated rings. The van der Waals surface area contributed by atoms with Gasteiger partial charge in [-0.25, -0.2) is 4.39 Å². The smallest absolute Gasteiger partial charge is 0.277 e. The van der Waals surface area contributed by atoms with Gasteiger partial charge in [0, 0.05) is 30.3 Å². The summed E-state index contributed by atoms with van der Waals surface area (Å²) in [6.45, 7) is 1.49. The first-order valence-electron chi connectivity index (χ1n) is 9.93. The topological polar surface area (TPSA) is 68.5 Å². The second-order valence-electron chi connectivity index (χ2n) is 7.21. The van der Waals surface area contributed by atoms with Crippen LogP contribution in [0.5, 0.6) is 0 Å². The van der Waals surface area contributed by atoms with Crippen LogP contribution < -0.4 is 0 Å². The Bertz CT molecular complexity index is 1020. The van der Waals surface area contributed by atoms with Crippen LogP contribution in [0, 0.1) is 5.82 Å². The lowest BCUT2D eigenvalue weighted by atomic mass is 10.2. The van der Waals surface area contributed by atoms with E-state index in [2.05, 4.69) is 10.2 Å². The number of aromatic nitrogens is 2. The van der Waals surface area contributed by atoms with Crippen molar-refractivity contribution in [2.75, 3.05) is 18.9 Å². The van der Waals surface area contributed by atoms with Crippen molar-refractivity contribution < 1.29 is 18.3 Å². The monoisotopic (exact) mass is 461 g/mol. The quantitative estimate of drug-likeness (QED) is 0.447. The molecule has 1 atom stereocenters. The molecular formula is C22H21ClFN3O3S. The summed E-state index contributed by atoms with van der Waals surface area (Å²) in [5, 5.41) is 8.97. The van der Waals surface area contributed by atoms with Crippen LogP contribution in [0.25, 0.3) is 11.5 Å². The van der Waals surface area contributed by atoms with Crippen LogP contribution in [0.3, 0.4) is 0 Å². The van der Waals surface area contributed by atoms with Gasteiger partial charge in [0.05, 0.1) is 11.9 Å². The van der Waals surface area contributed by atoms with Crippen molar-refractivity contribution in [3.8, 4) is 11.5 Å². The van der Waals surface area contributed by atoms with Gasteiger partial charge in [-0.05, 0) is 54.8 Å². The lowest BCUT2D eigenvalue weighted by Crippen LogP contribution is -2.38. The van der Waals surface area contributed by atoms with Gasteiger partial charge >= 0.3 is 0 Å². The summed E-state index contributed by atoms with van der Waals surface area (Å²) in [6.07, 6.45) is 1.90. The van der Waals surface area contributed by atoms with Gasteiger partial charge in [0.2, 0.25) is 11.8 Å². The number of hydrogen-bond donors (Lipinski definition) is 0. The number of thioether (sulfide) groups is 1. The number of halogens is 2. The maximum Gasteiger partial charge on any atom is 0.277 e. The van der Waals surface area contributed by atoms with E-state index in [1.54, 1.807) is 35.2 Å². The summed E-state index contributed by atoms with van der Waals surface area (Å²) in [7, 11) is 0. The first-order valence-corrected chi connectivity index (χ1v) is 11.3. The summed E-state index contributed by atoms with van der Waals surface area (Å²) in [4.78, 5) is 14.7. The fourth-order valence-corrected chi connectivity index (χ4v) is 4.13. The highest BCUT2D eigenvalue weighted by molar-refractivity contribution is 7.99. The van der Waals surface area contributed by atoms with Gasteiger partial charge in [-0.1, -0.05) is 35.5 Å². The average molecular weight is 462 g/mol. The largest absolute Gasteiger partial charge is 0.411 e. The van der Waals surface area contributed by atoms with Crippen LogP contribution in [0.1, 0.15) is 18.4 Å². The number of ether oxygens (including phenoxy) is 1. The molecule has 4 rings (SSSR count). The average Bonchev–Trinajstić information content (AvgIpc) is 3.44. The van der Waals surface area contributed by atoms with Crippen molar-refractivity contribution in [3.63, 3.8) is 0 Å². The van der Waals surface area contributed by atoms with Crippen LogP contribution in [0.4, 0.5) is 4.39 Å². The summed E-state index contributed by atoms with van der Waals surface area (Å²) < 4.78 is 24.9. The third-order valence-electron chi connectivity index (χ3n) is 4.88. The van der Waals surface area contributed by atoms with Gasteiger partial charge in [-0.15, -0.1) is 10.2 Å². The zero-order valence-corrected chi connectivity index (χ0v) is 18.2. The Kier molecular flexibility index (Phi) is 7.21. The number of nitrogens with zero attached hydrogens (tertiary/aromatic N) is 3. The second-order valence-corrected chi connectivity index (χ2v) is 8.57. The molecular weight excluding hydrogens is 441 g/mol.